The molecule has 0 saturated carbocycles. The predicted octanol–water partition coefficient (Wildman–Crippen LogP) is 2.29. The molecule has 1 N–H and O–H groups in total. The lowest BCUT2D eigenvalue weighted by atomic mass is 10.2. The van der Waals surface area contributed by atoms with E-state index in [-0.39, 0.29) is 12.5 Å². The first-order valence-corrected chi connectivity index (χ1v) is 7.20. The number of benzene rings is 1. The average molecular weight is 283 g/mol. The number of rotatable bonds is 1. The number of hydrogen-bond acceptors (Lipinski definition) is 3. The highest BCUT2D eigenvalue weighted by atomic mass is 32.1. The standard InChI is InChI=1S/C16H13NO2S/c18-11-3-5-13-7-8-15(20-13)16(19)17-10-9-12-4-1-2-6-14(12)17/h1-2,4,6-8,18H,9-11H2. The number of para-hydroxylation sites is 1. The number of nitrogens with zero attached hydrogens (tertiary/aromatic N) is 1. The molecule has 3 nitrogen and oxygen atoms in total. The smallest absolute Gasteiger partial charge is 0.268 e. The van der Waals surface area contributed by atoms with Crippen LogP contribution in [-0.2, 0) is 6.42 Å². The molecule has 4 heteroatoms. The summed E-state index contributed by atoms with van der Waals surface area (Å²) in [7, 11) is 0. The first kappa shape index (κ1) is 12.9. The van der Waals surface area contributed by atoms with Crippen molar-refractivity contribution < 1.29 is 9.90 Å². The van der Waals surface area contributed by atoms with Gasteiger partial charge in [0.25, 0.3) is 5.91 Å². The molecular formula is C16H13NO2S. The molecule has 3 rings (SSSR count). The van der Waals surface area contributed by atoms with E-state index in [1.165, 1.54) is 16.9 Å². The maximum Gasteiger partial charge on any atom is 0.268 e. The molecule has 2 heterocycles. The van der Waals surface area contributed by atoms with Gasteiger partial charge in [0, 0.05) is 12.2 Å². The van der Waals surface area contributed by atoms with Crippen molar-refractivity contribution >= 4 is 22.9 Å². The summed E-state index contributed by atoms with van der Waals surface area (Å²) in [6.45, 7) is 0.564. The lowest BCUT2D eigenvalue weighted by molar-refractivity contribution is 0.0993. The predicted molar refractivity (Wildman–Crippen MR) is 80.1 cm³/mol. The van der Waals surface area contributed by atoms with Gasteiger partial charge in [-0.15, -0.1) is 11.3 Å². The van der Waals surface area contributed by atoms with Crippen LogP contribution < -0.4 is 4.90 Å². The maximum absolute atomic E-state index is 12.5. The van der Waals surface area contributed by atoms with Gasteiger partial charge in [0.1, 0.15) is 6.61 Å². The van der Waals surface area contributed by atoms with E-state index in [1.807, 2.05) is 29.2 Å². The molecule has 0 unspecified atom stereocenters. The van der Waals surface area contributed by atoms with Crippen molar-refractivity contribution in [3.05, 3.63) is 51.7 Å². The molecule has 1 aromatic heterocycles. The van der Waals surface area contributed by atoms with Crippen LogP contribution in [0.4, 0.5) is 5.69 Å². The minimum absolute atomic E-state index is 0.0250. The number of anilines is 1. The molecule has 0 radical (unpaired) electrons. The Morgan fingerprint density at radius 2 is 2.15 bits per heavy atom. The number of carbonyl (C=O) groups excluding carboxylic acids is 1. The highest BCUT2D eigenvalue weighted by Crippen LogP contribution is 2.30. The molecule has 0 atom stereocenters. The molecule has 1 aliphatic heterocycles. The summed E-state index contributed by atoms with van der Waals surface area (Å²) in [5.41, 5.74) is 2.23. The third kappa shape index (κ3) is 2.34. The van der Waals surface area contributed by atoms with Crippen LogP contribution in [0.2, 0.25) is 0 Å². The zero-order chi connectivity index (χ0) is 13.9. The van der Waals surface area contributed by atoms with Gasteiger partial charge in [-0.3, -0.25) is 4.79 Å². The van der Waals surface area contributed by atoms with Crippen LogP contribution in [0.3, 0.4) is 0 Å². The lowest BCUT2D eigenvalue weighted by Gasteiger charge is -2.15. The molecule has 0 fully saturated rings. The summed E-state index contributed by atoms with van der Waals surface area (Å²) in [6, 6.07) is 11.6. The highest BCUT2D eigenvalue weighted by Gasteiger charge is 2.25. The minimum Gasteiger partial charge on any atom is -0.384 e. The number of hydrogen-bond donors (Lipinski definition) is 1. The van der Waals surface area contributed by atoms with Gasteiger partial charge in [-0.2, -0.15) is 0 Å². The average Bonchev–Trinajstić information content (AvgIpc) is 3.11. The van der Waals surface area contributed by atoms with Crippen molar-refractivity contribution in [3.8, 4) is 11.8 Å². The fourth-order valence-electron chi connectivity index (χ4n) is 2.33. The second-order valence-corrected chi connectivity index (χ2v) is 5.54. The number of carbonyl (C=O) groups is 1. The van der Waals surface area contributed by atoms with Crippen LogP contribution in [-0.4, -0.2) is 24.2 Å². The van der Waals surface area contributed by atoms with Crippen molar-refractivity contribution in [2.75, 3.05) is 18.1 Å². The Labute approximate surface area is 121 Å². The Morgan fingerprint density at radius 1 is 1.30 bits per heavy atom. The first-order valence-electron chi connectivity index (χ1n) is 6.39. The molecule has 1 aromatic carbocycles. The van der Waals surface area contributed by atoms with Crippen LogP contribution in [0.1, 0.15) is 20.1 Å². The summed E-state index contributed by atoms with van der Waals surface area (Å²) in [5, 5.41) is 8.68. The number of aliphatic hydroxyl groups is 1. The van der Waals surface area contributed by atoms with Gasteiger partial charge < -0.3 is 10.0 Å². The number of fused-ring (bicyclic) bond motifs is 1. The second kappa shape index (κ2) is 5.49. The Morgan fingerprint density at radius 3 is 3.00 bits per heavy atom. The summed E-state index contributed by atoms with van der Waals surface area (Å²) in [5.74, 6) is 5.45. The monoisotopic (exact) mass is 283 g/mol. The van der Waals surface area contributed by atoms with Crippen LogP contribution in [0.25, 0.3) is 0 Å². The lowest BCUT2D eigenvalue weighted by Crippen LogP contribution is -2.28. The highest BCUT2D eigenvalue weighted by molar-refractivity contribution is 7.14. The Hall–Kier alpha value is -2.09. The fourth-order valence-corrected chi connectivity index (χ4v) is 3.16. The zero-order valence-corrected chi connectivity index (χ0v) is 11.6. The molecular weight excluding hydrogens is 270 g/mol. The van der Waals surface area contributed by atoms with E-state index in [4.69, 9.17) is 5.11 Å². The summed E-state index contributed by atoms with van der Waals surface area (Å²) in [4.78, 5) is 15.8. The molecule has 0 aliphatic carbocycles. The summed E-state index contributed by atoms with van der Waals surface area (Å²) < 4.78 is 0. The third-order valence-electron chi connectivity index (χ3n) is 3.24. The van der Waals surface area contributed by atoms with Gasteiger partial charge in [-0.1, -0.05) is 30.0 Å². The molecule has 20 heavy (non-hydrogen) atoms. The molecule has 1 aliphatic rings. The Kier molecular flexibility index (Phi) is 3.55. The quantitative estimate of drug-likeness (QED) is 0.816. The topological polar surface area (TPSA) is 40.5 Å². The maximum atomic E-state index is 12.5. The number of thiophene rings is 1. The fraction of sp³-hybridized carbons (Fsp3) is 0.188. The van der Waals surface area contributed by atoms with Gasteiger partial charge in [-0.05, 0) is 30.2 Å². The van der Waals surface area contributed by atoms with Crippen molar-refractivity contribution in [1.82, 2.24) is 0 Å². The molecule has 0 saturated heterocycles. The SMILES string of the molecule is O=C(c1ccc(C#CCO)s1)N1CCc2ccccc21. The zero-order valence-electron chi connectivity index (χ0n) is 10.8. The normalized spacial score (nSPS) is 12.8. The van der Waals surface area contributed by atoms with Crippen LogP contribution in [0.5, 0.6) is 0 Å². The number of amides is 1. The molecule has 100 valence electrons. The van der Waals surface area contributed by atoms with Crippen molar-refractivity contribution in [2.24, 2.45) is 0 Å². The van der Waals surface area contributed by atoms with Gasteiger partial charge >= 0.3 is 0 Å². The van der Waals surface area contributed by atoms with Gasteiger partial charge in [0.15, 0.2) is 0 Å². The largest absolute Gasteiger partial charge is 0.384 e. The minimum atomic E-state index is -0.166. The van der Waals surface area contributed by atoms with Gasteiger partial charge in [0.05, 0.1) is 9.75 Å². The van der Waals surface area contributed by atoms with Crippen LogP contribution in [0.15, 0.2) is 36.4 Å². The third-order valence-corrected chi connectivity index (χ3v) is 4.23. The van der Waals surface area contributed by atoms with Crippen molar-refractivity contribution in [3.63, 3.8) is 0 Å². The Bertz CT molecular complexity index is 709. The van der Waals surface area contributed by atoms with E-state index in [0.29, 0.717) is 4.88 Å². The van der Waals surface area contributed by atoms with Crippen molar-refractivity contribution in [2.45, 2.75) is 6.42 Å². The molecule has 1 amide bonds. The molecule has 0 bridgehead atoms. The van der Waals surface area contributed by atoms with Crippen LogP contribution in [0, 0.1) is 11.8 Å². The molecule has 0 spiro atoms. The first-order chi connectivity index (χ1) is 9.79. The molecule has 2 aromatic rings. The van der Waals surface area contributed by atoms with Gasteiger partial charge in [0.2, 0.25) is 0 Å². The number of aliphatic hydroxyl groups excluding tert-OH is 1. The van der Waals surface area contributed by atoms with E-state index in [0.717, 1.165) is 23.5 Å². The summed E-state index contributed by atoms with van der Waals surface area (Å²) in [6.07, 6.45) is 0.907. The van der Waals surface area contributed by atoms with E-state index in [9.17, 15) is 4.79 Å². The van der Waals surface area contributed by atoms with E-state index >= 15 is 0 Å². The second-order valence-electron chi connectivity index (χ2n) is 4.46. The van der Waals surface area contributed by atoms with E-state index in [1.54, 1.807) is 6.07 Å². The van der Waals surface area contributed by atoms with Gasteiger partial charge in [-0.25, -0.2) is 0 Å². The Balaban J connectivity index is 1.85. The summed E-state index contributed by atoms with van der Waals surface area (Å²) >= 11 is 1.37. The van der Waals surface area contributed by atoms with Crippen molar-refractivity contribution in [1.29, 1.82) is 0 Å². The van der Waals surface area contributed by atoms with Crippen LogP contribution >= 0.6 is 11.3 Å². The van der Waals surface area contributed by atoms with E-state index in [2.05, 4.69) is 17.9 Å². The van der Waals surface area contributed by atoms with E-state index < -0.39 is 0 Å².